The van der Waals surface area contributed by atoms with E-state index in [-0.39, 0.29) is 34.3 Å². The number of non-ortho nitro benzene ring substituents is 1. The summed E-state index contributed by atoms with van der Waals surface area (Å²) in [6, 6.07) is 16.9. The maximum absolute atomic E-state index is 14.6. The molecule has 40 heavy (non-hydrogen) atoms. The van der Waals surface area contributed by atoms with Gasteiger partial charge in [-0.3, -0.25) is 24.0 Å². The standard InChI is InChI=1S/C28H31FN4O6S/c1-20(2)17-30-28(35)21(3)31(18-22-10-7-8-15-26(22)29)27(34)19-32(23-11-9-12-24(16-23)33(36)37)40(38,39)25-13-5-4-6-14-25/h4-16,20-21H,17-19H2,1-3H3,(H,30,35)/t21-/m0/s1. The monoisotopic (exact) mass is 570 g/mol. The molecule has 12 heteroatoms. The fourth-order valence-electron chi connectivity index (χ4n) is 3.86. The van der Waals surface area contributed by atoms with E-state index in [1.807, 2.05) is 13.8 Å². The Balaban J connectivity index is 2.05. The van der Waals surface area contributed by atoms with Crippen molar-refractivity contribution in [2.45, 2.75) is 38.3 Å². The Labute approximate surface area is 232 Å². The summed E-state index contributed by atoms with van der Waals surface area (Å²) in [6.07, 6.45) is 0. The normalized spacial score (nSPS) is 12.0. The lowest BCUT2D eigenvalue weighted by atomic mass is 10.1. The van der Waals surface area contributed by atoms with Crippen molar-refractivity contribution in [1.29, 1.82) is 0 Å². The van der Waals surface area contributed by atoms with Crippen LogP contribution < -0.4 is 9.62 Å². The van der Waals surface area contributed by atoms with E-state index in [0.29, 0.717) is 6.54 Å². The van der Waals surface area contributed by atoms with Crippen molar-refractivity contribution in [3.05, 3.63) is 100 Å². The number of nitrogens with zero attached hydrogens (tertiary/aromatic N) is 3. The largest absolute Gasteiger partial charge is 0.354 e. The third-order valence-electron chi connectivity index (χ3n) is 6.09. The summed E-state index contributed by atoms with van der Waals surface area (Å²) in [5.41, 5.74) is -0.357. The maximum Gasteiger partial charge on any atom is 0.271 e. The van der Waals surface area contributed by atoms with Gasteiger partial charge in [0.15, 0.2) is 0 Å². The van der Waals surface area contributed by atoms with Crippen molar-refractivity contribution in [2.75, 3.05) is 17.4 Å². The molecule has 0 fully saturated rings. The van der Waals surface area contributed by atoms with E-state index < -0.39 is 45.2 Å². The zero-order valence-corrected chi connectivity index (χ0v) is 23.2. The molecule has 3 rings (SSSR count). The van der Waals surface area contributed by atoms with Crippen molar-refractivity contribution in [1.82, 2.24) is 10.2 Å². The van der Waals surface area contributed by atoms with Gasteiger partial charge in [0.2, 0.25) is 11.8 Å². The van der Waals surface area contributed by atoms with Crippen LogP contribution in [0.15, 0.2) is 83.8 Å². The van der Waals surface area contributed by atoms with Crippen LogP contribution in [0.2, 0.25) is 0 Å². The minimum absolute atomic E-state index is 0.117. The number of hydrogen-bond acceptors (Lipinski definition) is 6. The lowest BCUT2D eigenvalue weighted by molar-refractivity contribution is -0.384. The summed E-state index contributed by atoms with van der Waals surface area (Å²) in [7, 11) is -4.38. The molecule has 0 heterocycles. The van der Waals surface area contributed by atoms with Crippen LogP contribution in [-0.2, 0) is 26.2 Å². The van der Waals surface area contributed by atoms with Crippen LogP contribution in [0.1, 0.15) is 26.3 Å². The van der Waals surface area contributed by atoms with Gasteiger partial charge in [0, 0.05) is 30.8 Å². The molecule has 3 aromatic rings. The highest BCUT2D eigenvalue weighted by molar-refractivity contribution is 7.92. The van der Waals surface area contributed by atoms with Gasteiger partial charge in [-0.1, -0.05) is 56.3 Å². The smallest absolute Gasteiger partial charge is 0.271 e. The van der Waals surface area contributed by atoms with E-state index in [1.54, 1.807) is 12.1 Å². The minimum Gasteiger partial charge on any atom is -0.354 e. The Hall–Kier alpha value is -4.32. The van der Waals surface area contributed by atoms with E-state index in [4.69, 9.17) is 0 Å². The van der Waals surface area contributed by atoms with Gasteiger partial charge in [-0.2, -0.15) is 0 Å². The molecule has 0 aliphatic carbocycles. The van der Waals surface area contributed by atoms with Crippen molar-refractivity contribution in [3.63, 3.8) is 0 Å². The molecule has 0 aromatic heterocycles. The number of anilines is 1. The van der Waals surface area contributed by atoms with Gasteiger partial charge in [-0.05, 0) is 37.1 Å². The molecule has 212 valence electrons. The Bertz CT molecular complexity index is 1470. The Morgan fingerprint density at radius 2 is 1.62 bits per heavy atom. The Morgan fingerprint density at radius 1 is 0.975 bits per heavy atom. The van der Waals surface area contributed by atoms with Crippen molar-refractivity contribution < 1.29 is 27.3 Å². The highest BCUT2D eigenvalue weighted by Gasteiger charge is 2.33. The van der Waals surface area contributed by atoms with Crippen molar-refractivity contribution in [3.8, 4) is 0 Å². The van der Waals surface area contributed by atoms with Crippen molar-refractivity contribution in [2.24, 2.45) is 5.92 Å². The van der Waals surface area contributed by atoms with Gasteiger partial charge in [0.25, 0.3) is 15.7 Å². The first-order chi connectivity index (χ1) is 18.9. The summed E-state index contributed by atoms with van der Waals surface area (Å²) in [5.74, 6) is -1.76. The molecule has 0 aliphatic rings. The van der Waals surface area contributed by atoms with E-state index in [1.165, 1.54) is 67.6 Å². The lowest BCUT2D eigenvalue weighted by Gasteiger charge is -2.32. The number of carbonyl (C=O) groups excluding carboxylic acids is 2. The average molecular weight is 571 g/mol. The summed E-state index contributed by atoms with van der Waals surface area (Å²) in [4.78, 5) is 38.5. The summed E-state index contributed by atoms with van der Waals surface area (Å²) < 4.78 is 42.8. The van der Waals surface area contributed by atoms with Crippen LogP contribution in [-0.4, -0.2) is 49.2 Å². The van der Waals surface area contributed by atoms with E-state index in [9.17, 15) is 32.5 Å². The van der Waals surface area contributed by atoms with Gasteiger partial charge in [-0.25, -0.2) is 12.8 Å². The van der Waals surface area contributed by atoms with Crippen LogP contribution in [0.3, 0.4) is 0 Å². The van der Waals surface area contributed by atoms with E-state index in [0.717, 1.165) is 15.3 Å². The molecule has 0 radical (unpaired) electrons. The molecule has 3 aromatic carbocycles. The fourth-order valence-corrected chi connectivity index (χ4v) is 5.28. The molecule has 0 saturated carbocycles. The molecule has 0 unspecified atom stereocenters. The van der Waals surface area contributed by atoms with E-state index >= 15 is 0 Å². The third kappa shape index (κ3) is 7.41. The Kier molecular flexibility index (Phi) is 9.94. The molecular formula is C28H31FN4O6S. The zero-order valence-electron chi connectivity index (χ0n) is 22.4. The number of nitro groups is 1. The Morgan fingerprint density at radius 3 is 2.25 bits per heavy atom. The molecule has 1 atom stereocenters. The predicted octanol–water partition coefficient (Wildman–Crippen LogP) is 4.12. The quantitative estimate of drug-likeness (QED) is 0.258. The number of nitrogens with one attached hydrogen (secondary N) is 1. The van der Waals surface area contributed by atoms with Crippen LogP contribution in [0.25, 0.3) is 0 Å². The van der Waals surface area contributed by atoms with E-state index in [2.05, 4.69) is 5.32 Å². The SMILES string of the molecule is CC(C)CNC(=O)[C@H](C)N(Cc1ccccc1F)C(=O)CN(c1cccc([N+](=O)[O-])c1)S(=O)(=O)c1ccccc1. The first-order valence-electron chi connectivity index (χ1n) is 12.5. The van der Waals surface area contributed by atoms with Crippen LogP contribution in [0.5, 0.6) is 0 Å². The van der Waals surface area contributed by atoms with Crippen molar-refractivity contribution >= 4 is 33.2 Å². The second-order valence-corrected chi connectivity index (χ2v) is 11.4. The molecule has 1 N–H and O–H groups in total. The second kappa shape index (κ2) is 13.2. The van der Waals surface area contributed by atoms with Gasteiger partial charge in [0.1, 0.15) is 18.4 Å². The first-order valence-corrected chi connectivity index (χ1v) is 14.0. The molecule has 0 bridgehead atoms. The second-order valence-electron chi connectivity index (χ2n) is 9.53. The van der Waals surface area contributed by atoms with Crippen LogP contribution in [0.4, 0.5) is 15.8 Å². The number of amides is 2. The van der Waals surface area contributed by atoms with Crippen LogP contribution in [0, 0.1) is 21.8 Å². The number of nitro benzene ring substituents is 1. The number of sulfonamides is 1. The maximum atomic E-state index is 14.6. The summed E-state index contributed by atoms with van der Waals surface area (Å²) in [5, 5.41) is 14.2. The summed E-state index contributed by atoms with van der Waals surface area (Å²) in [6.45, 7) is 4.51. The fraction of sp³-hybridized carbons (Fsp3) is 0.286. The topological polar surface area (TPSA) is 130 Å². The van der Waals surface area contributed by atoms with Crippen LogP contribution >= 0.6 is 0 Å². The number of rotatable bonds is 12. The van der Waals surface area contributed by atoms with Gasteiger partial charge >= 0.3 is 0 Å². The number of halogens is 1. The minimum atomic E-state index is -4.38. The molecule has 0 spiro atoms. The molecule has 2 amide bonds. The zero-order chi connectivity index (χ0) is 29.4. The molecule has 0 aliphatic heterocycles. The molecule has 0 saturated heterocycles. The summed E-state index contributed by atoms with van der Waals surface area (Å²) >= 11 is 0. The highest BCUT2D eigenvalue weighted by atomic mass is 32.2. The predicted molar refractivity (Wildman–Crippen MR) is 148 cm³/mol. The highest BCUT2D eigenvalue weighted by Crippen LogP contribution is 2.27. The number of carbonyl (C=O) groups is 2. The number of benzene rings is 3. The first kappa shape index (κ1) is 30.2. The third-order valence-corrected chi connectivity index (χ3v) is 7.88. The van der Waals surface area contributed by atoms with Gasteiger partial charge < -0.3 is 10.2 Å². The average Bonchev–Trinajstić information content (AvgIpc) is 2.94. The number of hydrogen-bond donors (Lipinski definition) is 1. The van der Waals surface area contributed by atoms with Gasteiger partial charge in [-0.15, -0.1) is 0 Å². The lowest BCUT2D eigenvalue weighted by Crippen LogP contribution is -2.51. The molecule has 10 nitrogen and oxygen atoms in total. The molecular weight excluding hydrogens is 539 g/mol. The van der Waals surface area contributed by atoms with Gasteiger partial charge in [0.05, 0.1) is 15.5 Å².